The van der Waals surface area contributed by atoms with Crippen LogP contribution in [0.1, 0.15) is 11.1 Å². The fourth-order valence-electron chi connectivity index (χ4n) is 0.818. The maximum absolute atomic E-state index is 10.1. The van der Waals surface area contributed by atoms with Crippen LogP contribution in [-0.2, 0) is 0 Å². The Morgan fingerprint density at radius 2 is 2.00 bits per heavy atom. The van der Waals surface area contributed by atoms with Crippen LogP contribution in [0.2, 0.25) is 0 Å². The van der Waals surface area contributed by atoms with Crippen molar-refractivity contribution >= 4 is 5.69 Å². The molecule has 1 rings (SSSR count). The SMILES string of the molecule is Cc1ccc(C)c(N=O)c1. The number of hydrogen-bond acceptors (Lipinski definition) is 2. The summed E-state index contributed by atoms with van der Waals surface area (Å²) >= 11 is 0. The van der Waals surface area contributed by atoms with Gasteiger partial charge in [0.1, 0.15) is 5.69 Å². The normalized spacial score (nSPS) is 9.40. The van der Waals surface area contributed by atoms with Crippen molar-refractivity contribution in [1.29, 1.82) is 0 Å². The third-order valence-electron chi connectivity index (χ3n) is 1.46. The molecule has 2 heteroatoms. The summed E-state index contributed by atoms with van der Waals surface area (Å²) in [5.74, 6) is 0. The highest BCUT2D eigenvalue weighted by molar-refractivity contribution is 5.46. The Morgan fingerprint density at radius 3 is 2.50 bits per heavy atom. The van der Waals surface area contributed by atoms with Gasteiger partial charge in [-0.25, -0.2) is 0 Å². The molecule has 0 heterocycles. The summed E-state index contributed by atoms with van der Waals surface area (Å²) in [7, 11) is 0. The molecule has 0 fully saturated rings. The molecule has 2 nitrogen and oxygen atoms in total. The van der Waals surface area contributed by atoms with Crippen LogP contribution in [0.3, 0.4) is 0 Å². The number of nitroso groups, excluding NO2 is 1. The second-order valence-corrected chi connectivity index (χ2v) is 2.38. The zero-order valence-corrected chi connectivity index (χ0v) is 6.09. The molecule has 1 aromatic carbocycles. The summed E-state index contributed by atoms with van der Waals surface area (Å²) in [6.07, 6.45) is 0. The number of aryl methyl sites for hydroxylation is 2. The van der Waals surface area contributed by atoms with Gasteiger partial charge in [-0.2, -0.15) is 0 Å². The van der Waals surface area contributed by atoms with Gasteiger partial charge in [0.25, 0.3) is 0 Å². The van der Waals surface area contributed by atoms with Crippen molar-refractivity contribution in [3.63, 3.8) is 0 Å². The van der Waals surface area contributed by atoms with Gasteiger partial charge in [0.2, 0.25) is 0 Å². The van der Waals surface area contributed by atoms with E-state index in [0.717, 1.165) is 11.1 Å². The lowest BCUT2D eigenvalue weighted by atomic mass is 10.1. The Bertz CT molecular complexity index is 255. The Labute approximate surface area is 59.9 Å². The first-order chi connectivity index (χ1) is 4.74. The molecule has 10 heavy (non-hydrogen) atoms. The predicted octanol–water partition coefficient (Wildman–Crippen LogP) is 2.70. The van der Waals surface area contributed by atoms with Crippen LogP contribution in [0.25, 0.3) is 0 Å². The molecule has 52 valence electrons. The van der Waals surface area contributed by atoms with Crippen molar-refractivity contribution in [3.05, 3.63) is 34.2 Å². The molecule has 0 radical (unpaired) electrons. The summed E-state index contributed by atoms with van der Waals surface area (Å²) in [6.45, 7) is 3.81. The molecule has 0 spiro atoms. The van der Waals surface area contributed by atoms with Gasteiger partial charge in [-0.1, -0.05) is 12.1 Å². The lowest BCUT2D eigenvalue weighted by Gasteiger charge is -1.95. The van der Waals surface area contributed by atoms with Crippen LogP contribution in [0, 0.1) is 18.8 Å². The minimum Gasteiger partial charge on any atom is -0.145 e. The lowest BCUT2D eigenvalue weighted by molar-refractivity contribution is 1.34. The summed E-state index contributed by atoms with van der Waals surface area (Å²) in [5, 5.41) is 2.88. The van der Waals surface area contributed by atoms with Gasteiger partial charge in [-0.15, -0.1) is 4.91 Å². The molecular formula is C8H9NO. The van der Waals surface area contributed by atoms with Gasteiger partial charge >= 0.3 is 0 Å². The highest BCUT2D eigenvalue weighted by atomic mass is 16.3. The van der Waals surface area contributed by atoms with E-state index in [1.807, 2.05) is 26.0 Å². The van der Waals surface area contributed by atoms with Crippen molar-refractivity contribution in [1.82, 2.24) is 0 Å². The number of hydrogen-bond donors (Lipinski definition) is 0. The standard InChI is InChI=1S/C8H9NO/c1-6-3-4-7(2)8(5-6)9-10/h3-5H,1-2H3. The van der Waals surface area contributed by atoms with Gasteiger partial charge < -0.3 is 0 Å². The van der Waals surface area contributed by atoms with E-state index >= 15 is 0 Å². The van der Waals surface area contributed by atoms with E-state index in [9.17, 15) is 4.91 Å². The second kappa shape index (κ2) is 2.60. The molecule has 1 aromatic rings. The Morgan fingerprint density at radius 1 is 1.30 bits per heavy atom. The van der Waals surface area contributed by atoms with Gasteiger partial charge in [-0.05, 0) is 36.2 Å². The van der Waals surface area contributed by atoms with Crippen LogP contribution in [0.5, 0.6) is 0 Å². The van der Waals surface area contributed by atoms with Crippen molar-refractivity contribution < 1.29 is 0 Å². The van der Waals surface area contributed by atoms with Crippen molar-refractivity contribution in [2.24, 2.45) is 5.18 Å². The third-order valence-corrected chi connectivity index (χ3v) is 1.46. The Hall–Kier alpha value is -1.18. The molecule has 0 unspecified atom stereocenters. The minimum atomic E-state index is 0.542. The van der Waals surface area contributed by atoms with Gasteiger partial charge in [0.15, 0.2) is 0 Å². The smallest absolute Gasteiger partial charge is 0.111 e. The topological polar surface area (TPSA) is 29.4 Å². The molecule has 0 saturated heterocycles. The molecule has 0 saturated carbocycles. The fourth-order valence-corrected chi connectivity index (χ4v) is 0.818. The van der Waals surface area contributed by atoms with Crippen LogP contribution in [0.4, 0.5) is 5.69 Å². The average Bonchev–Trinajstić information content (AvgIpc) is 1.94. The van der Waals surface area contributed by atoms with Crippen LogP contribution in [0.15, 0.2) is 23.4 Å². The molecule has 0 bridgehead atoms. The quantitative estimate of drug-likeness (QED) is 0.544. The first-order valence-electron chi connectivity index (χ1n) is 3.14. The van der Waals surface area contributed by atoms with Crippen molar-refractivity contribution in [2.45, 2.75) is 13.8 Å². The zero-order valence-electron chi connectivity index (χ0n) is 6.09. The predicted molar refractivity (Wildman–Crippen MR) is 41.4 cm³/mol. The largest absolute Gasteiger partial charge is 0.145 e. The third kappa shape index (κ3) is 1.21. The molecule has 0 aliphatic carbocycles. The highest BCUT2D eigenvalue weighted by Gasteiger charge is 1.95. The average molecular weight is 135 g/mol. The Balaban J connectivity index is 3.21. The summed E-state index contributed by atoms with van der Waals surface area (Å²) < 4.78 is 0. The molecule has 0 aliphatic heterocycles. The number of benzene rings is 1. The van der Waals surface area contributed by atoms with E-state index in [1.54, 1.807) is 6.07 Å². The van der Waals surface area contributed by atoms with Gasteiger partial charge in [-0.3, -0.25) is 0 Å². The molecule has 0 aromatic heterocycles. The maximum atomic E-state index is 10.1. The van der Waals surface area contributed by atoms with E-state index < -0.39 is 0 Å². The number of rotatable bonds is 1. The lowest BCUT2D eigenvalue weighted by Crippen LogP contribution is -1.74. The first kappa shape index (κ1) is 6.93. The molecule has 0 atom stereocenters. The summed E-state index contributed by atoms with van der Waals surface area (Å²) in [4.78, 5) is 10.1. The molecule has 0 N–H and O–H groups in total. The van der Waals surface area contributed by atoms with Crippen LogP contribution in [-0.4, -0.2) is 0 Å². The number of nitrogens with zero attached hydrogens (tertiary/aromatic N) is 1. The van der Waals surface area contributed by atoms with E-state index in [4.69, 9.17) is 0 Å². The molecular weight excluding hydrogens is 126 g/mol. The van der Waals surface area contributed by atoms with Crippen LogP contribution < -0.4 is 0 Å². The van der Waals surface area contributed by atoms with Crippen molar-refractivity contribution in [2.75, 3.05) is 0 Å². The van der Waals surface area contributed by atoms with E-state index in [1.165, 1.54) is 0 Å². The van der Waals surface area contributed by atoms with Gasteiger partial charge in [0.05, 0.1) is 0 Å². The second-order valence-electron chi connectivity index (χ2n) is 2.38. The van der Waals surface area contributed by atoms with E-state index in [2.05, 4.69) is 5.18 Å². The monoisotopic (exact) mass is 135 g/mol. The molecule has 0 amide bonds. The van der Waals surface area contributed by atoms with Gasteiger partial charge in [0, 0.05) is 0 Å². The summed E-state index contributed by atoms with van der Waals surface area (Å²) in [6, 6.07) is 5.64. The highest BCUT2D eigenvalue weighted by Crippen LogP contribution is 2.18. The Kier molecular flexibility index (Phi) is 1.81. The van der Waals surface area contributed by atoms with E-state index in [0.29, 0.717) is 5.69 Å². The fraction of sp³-hybridized carbons (Fsp3) is 0.250. The maximum Gasteiger partial charge on any atom is 0.111 e. The van der Waals surface area contributed by atoms with E-state index in [-0.39, 0.29) is 0 Å². The minimum absolute atomic E-state index is 0.542. The van der Waals surface area contributed by atoms with Crippen LogP contribution >= 0.6 is 0 Å². The summed E-state index contributed by atoms with van der Waals surface area (Å²) in [5.41, 5.74) is 2.54. The van der Waals surface area contributed by atoms with Crippen molar-refractivity contribution in [3.8, 4) is 0 Å². The molecule has 0 aliphatic rings. The first-order valence-corrected chi connectivity index (χ1v) is 3.14. The zero-order chi connectivity index (χ0) is 7.56.